The van der Waals surface area contributed by atoms with E-state index >= 15 is 0 Å². The lowest BCUT2D eigenvalue weighted by Gasteiger charge is -2.33. The van der Waals surface area contributed by atoms with Crippen LogP contribution in [0.5, 0.6) is 11.5 Å². The van der Waals surface area contributed by atoms with E-state index < -0.39 is 0 Å². The molecule has 88 heavy (non-hydrogen) atoms. The second-order valence-electron chi connectivity index (χ2n) is 24.6. The zero-order chi connectivity index (χ0) is 57.8. The summed E-state index contributed by atoms with van der Waals surface area (Å²) in [7, 11) is 0. The molecule has 0 N–H and O–H groups in total. The molecule has 5 aromatic heterocycles. The van der Waals surface area contributed by atoms with Crippen molar-refractivity contribution in [2.75, 3.05) is 0 Å². The second-order valence-corrected chi connectivity index (χ2v) is 24.6. The molecule has 410 valence electrons. The second kappa shape index (κ2) is 17.4. The number of fused-ring (bicyclic) bond motifs is 19. The molecule has 0 bridgehead atoms. The van der Waals surface area contributed by atoms with Crippen molar-refractivity contribution in [3.63, 3.8) is 0 Å². The highest BCUT2D eigenvalue weighted by atomic mass is 16.5. The molecular formula is C81H52BN5O. The van der Waals surface area contributed by atoms with Gasteiger partial charge in [-0.2, -0.15) is 0 Å². The van der Waals surface area contributed by atoms with Crippen LogP contribution < -0.4 is 21.1 Å². The Morgan fingerprint density at radius 2 is 0.682 bits per heavy atom. The van der Waals surface area contributed by atoms with E-state index in [4.69, 9.17) is 4.74 Å². The number of aryl methyl sites for hydroxylation is 3. The Kier molecular flexibility index (Phi) is 9.51. The quantitative estimate of drug-likeness (QED) is 0.158. The molecule has 0 saturated carbocycles. The van der Waals surface area contributed by atoms with Gasteiger partial charge in [-0.1, -0.05) is 145 Å². The summed E-state index contributed by atoms with van der Waals surface area (Å²) in [5, 5.41) is 12.3. The SMILES string of the molecule is Cc1cc(C)c(-c2ccc3c(c2)B2c4c(cccc4-n4c5ccc(-n6c7ccccc7c7cc(-n8c9ccccc9c9ccccc98)ccc76)cc5c5cc(-n6c7ccccc7c7cc(-n8c9ccccc9c9ccccc98)ccc76)cc2c54)O3)c(C)c1. The minimum absolute atomic E-state index is 0.129. The monoisotopic (exact) mass is 1120 g/mol. The van der Waals surface area contributed by atoms with E-state index in [0.717, 1.165) is 62.0 Å². The van der Waals surface area contributed by atoms with Crippen LogP contribution in [0.3, 0.4) is 0 Å². The van der Waals surface area contributed by atoms with Gasteiger partial charge in [-0.15, -0.1) is 0 Å². The van der Waals surface area contributed by atoms with Crippen molar-refractivity contribution in [1.82, 2.24) is 22.8 Å². The van der Waals surface area contributed by atoms with Gasteiger partial charge in [-0.05, 0) is 181 Å². The topological polar surface area (TPSA) is 33.9 Å². The average Bonchev–Trinajstić information content (AvgIpc) is 1.44. The van der Waals surface area contributed by atoms with E-state index in [9.17, 15) is 0 Å². The predicted molar refractivity (Wildman–Crippen MR) is 369 cm³/mol. The van der Waals surface area contributed by atoms with Crippen molar-refractivity contribution in [1.29, 1.82) is 0 Å². The molecule has 7 heterocycles. The van der Waals surface area contributed by atoms with Gasteiger partial charge in [-0.25, -0.2) is 0 Å². The van der Waals surface area contributed by atoms with Crippen LogP contribution in [0.25, 0.3) is 149 Å². The highest BCUT2D eigenvalue weighted by Gasteiger charge is 2.41. The first-order valence-corrected chi connectivity index (χ1v) is 30.6. The zero-order valence-corrected chi connectivity index (χ0v) is 48.5. The molecule has 13 aromatic carbocycles. The van der Waals surface area contributed by atoms with Gasteiger partial charge in [0.25, 0.3) is 6.71 Å². The molecule has 0 spiro atoms. The smallest absolute Gasteiger partial charge is 0.256 e. The van der Waals surface area contributed by atoms with Crippen LogP contribution in [-0.2, 0) is 0 Å². The Morgan fingerprint density at radius 1 is 0.284 bits per heavy atom. The fourth-order valence-electron chi connectivity index (χ4n) is 16.4. The third-order valence-corrected chi connectivity index (χ3v) is 19.8. The van der Waals surface area contributed by atoms with Crippen LogP contribution in [0.15, 0.2) is 261 Å². The number of rotatable bonds is 5. The molecule has 0 amide bonds. The first-order valence-electron chi connectivity index (χ1n) is 30.6. The Morgan fingerprint density at radius 3 is 1.16 bits per heavy atom. The number of para-hydroxylation sites is 6. The summed E-state index contributed by atoms with van der Waals surface area (Å²) in [5.74, 6) is 1.79. The summed E-state index contributed by atoms with van der Waals surface area (Å²) in [6.07, 6.45) is 0. The Labute approximate surface area is 506 Å². The van der Waals surface area contributed by atoms with Crippen molar-refractivity contribution in [3.8, 4) is 51.1 Å². The normalized spacial score (nSPS) is 12.8. The van der Waals surface area contributed by atoms with Crippen LogP contribution in [-0.4, -0.2) is 29.5 Å². The van der Waals surface area contributed by atoms with Crippen LogP contribution in [0.2, 0.25) is 0 Å². The fourth-order valence-corrected chi connectivity index (χ4v) is 16.4. The van der Waals surface area contributed by atoms with Crippen LogP contribution in [0.1, 0.15) is 16.7 Å². The van der Waals surface area contributed by atoms with Crippen LogP contribution in [0, 0.1) is 20.8 Å². The highest BCUT2D eigenvalue weighted by Crippen LogP contribution is 2.45. The zero-order valence-electron chi connectivity index (χ0n) is 48.5. The maximum absolute atomic E-state index is 7.11. The number of hydrogen-bond donors (Lipinski definition) is 0. The van der Waals surface area contributed by atoms with Gasteiger partial charge in [0.05, 0.1) is 49.7 Å². The summed E-state index contributed by atoms with van der Waals surface area (Å²) in [6.45, 7) is 6.57. The maximum Gasteiger partial charge on any atom is 0.256 e. The molecule has 0 saturated heterocycles. The van der Waals surface area contributed by atoms with E-state index in [-0.39, 0.29) is 6.71 Å². The highest BCUT2D eigenvalue weighted by molar-refractivity contribution is 6.99. The largest absolute Gasteiger partial charge is 0.458 e. The lowest BCUT2D eigenvalue weighted by atomic mass is 9.34. The molecule has 0 unspecified atom stereocenters. The maximum atomic E-state index is 7.11. The lowest BCUT2D eigenvalue weighted by Crippen LogP contribution is -2.58. The van der Waals surface area contributed by atoms with Gasteiger partial charge in [0.2, 0.25) is 0 Å². The van der Waals surface area contributed by atoms with E-state index in [1.807, 2.05) is 0 Å². The number of aromatic nitrogens is 5. The summed E-state index contributed by atoms with van der Waals surface area (Å²) in [6, 6.07) is 97.6. The molecule has 0 radical (unpaired) electrons. The Balaban J connectivity index is 0.858. The van der Waals surface area contributed by atoms with Gasteiger partial charge in [0.1, 0.15) is 11.5 Å². The number of nitrogens with zero attached hydrogens (tertiary/aromatic N) is 5. The Bertz CT molecular complexity index is 6030. The van der Waals surface area contributed by atoms with Crippen molar-refractivity contribution in [3.05, 3.63) is 278 Å². The fraction of sp³-hybridized carbons (Fsp3) is 0.0370. The van der Waals surface area contributed by atoms with Gasteiger partial charge in [0, 0.05) is 87.8 Å². The third-order valence-electron chi connectivity index (χ3n) is 19.8. The minimum atomic E-state index is -0.129. The van der Waals surface area contributed by atoms with E-state index in [0.29, 0.717) is 0 Å². The number of ether oxygens (including phenoxy) is 1. The van der Waals surface area contributed by atoms with Crippen molar-refractivity contribution >= 4 is 132 Å². The van der Waals surface area contributed by atoms with Gasteiger partial charge < -0.3 is 27.6 Å². The third kappa shape index (κ3) is 6.36. The minimum Gasteiger partial charge on any atom is -0.458 e. The molecule has 7 heteroatoms. The molecule has 6 nitrogen and oxygen atoms in total. The molecule has 18 aromatic rings. The molecule has 2 aliphatic heterocycles. The number of benzene rings is 13. The molecular weight excluding hydrogens is 1070 g/mol. The first kappa shape index (κ1) is 48.0. The van der Waals surface area contributed by atoms with Crippen LogP contribution in [0.4, 0.5) is 0 Å². The average molecular weight is 1120 g/mol. The first-order chi connectivity index (χ1) is 43.4. The molecule has 0 aliphatic carbocycles. The molecule has 2 aliphatic rings. The summed E-state index contributed by atoms with van der Waals surface area (Å²) < 4.78 is 19.5. The van der Waals surface area contributed by atoms with Gasteiger partial charge in [0.15, 0.2) is 0 Å². The molecule has 0 fully saturated rings. The van der Waals surface area contributed by atoms with E-state index in [1.165, 1.54) is 131 Å². The molecule has 0 atom stereocenters. The predicted octanol–water partition coefficient (Wildman–Crippen LogP) is 18.7. The van der Waals surface area contributed by atoms with E-state index in [2.05, 4.69) is 304 Å². The summed E-state index contributed by atoms with van der Waals surface area (Å²) in [5.41, 5.74) is 27.4. The summed E-state index contributed by atoms with van der Waals surface area (Å²) >= 11 is 0. The standard InChI is InChI=1S/C81H52BN5O/c1-47-39-48(2)79(49(3)40-47)50-31-38-77-65(41-50)82-66-46-54(86-72-28-15-9-22-60(72)62-43-52(33-36-74(62)86)84-69-25-12-6-19-57(69)58-20-7-13-26-70(58)84)45-64-63-44-53(34-37-75(63)87(81(64)66)76-29-16-30-78(88-77)80(76)82)85-71-27-14-8-21-59(71)61-42-51(32-35-73(61)85)83-67-23-10-4-17-55(67)56-18-5-11-24-68(56)83/h4-46H,1-3H3. The van der Waals surface area contributed by atoms with Gasteiger partial charge >= 0.3 is 0 Å². The summed E-state index contributed by atoms with van der Waals surface area (Å²) in [4.78, 5) is 0. The molecule has 20 rings (SSSR count). The lowest BCUT2D eigenvalue weighted by molar-refractivity contribution is 0.487. The number of hydrogen-bond acceptors (Lipinski definition) is 1. The Hall–Kier alpha value is -11.3. The van der Waals surface area contributed by atoms with Crippen molar-refractivity contribution in [2.24, 2.45) is 0 Å². The van der Waals surface area contributed by atoms with Crippen molar-refractivity contribution in [2.45, 2.75) is 20.8 Å². The van der Waals surface area contributed by atoms with E-state index in [1.54, 1.807) is 0 Å². The van der Waals surface area contributed by atoms with Crippen molar-refractivity contribution < 1.29 is 4.74 Å². The van der Waals surface area contributed by atoms with Crippen LogP contribution >= 0.6 is 0 Å². The van der Waals surface area contributed by atoms with Gasteiger partial charge in [-0.3, -0.25) is 0 Å².